The maximum atomic E-state index is 10.2. The van der Waals surface area contributed by atoms with Crippen molar-refractivity contribution >= 4 is 17.3 Å². The highest BCUT2D eigenvalue weighted by molar-refractivity contribution is 6.29. The molecule has 1 atom stereocenters. The van der Waals surface area contributed by atoms with Crippen LogP contribution in [0.5, 0.6) is 5.75 Å². The Morgan fingerprint density at radius 2 is 2.26 bits per heavy atom. The lowest BCUT2D eigenvalue weighted by Crippen LogP contribution is -2.51. The molecule has 19 heavy (non-hydrogen) atoms. The third-order valence-corrected chi connectivity index (χ3v) is 3.65. The first-order chi connectivity index (χ1) is 8.97. The number of nitrogens with zero attached hydrogens (tertiary/aromatic N) is 2. The van der Waals surface area contributed by atoms with Crippen molar-refractivity contribution in [3.8, 4) is 5.75 Å². The molecule has 1 aromatic heterocycles. The number of anilines is 1. The van der Waals surface area contributed by atoms with Gasteiger partial charge < -0.3 is 19.5 Å². The first kappa shape index (κ1) is 13.0. The minimum Gasteiger partial charge on any atom is -0.487 e. The van der Waals surface area contributed by atoms with Crippen LogP contribution in [0.4, 0.5) is 5.69 Å². The van der Waals surface area contributed by atoms with Crippen LogP contribution in [-0.2, 0) is 10.3 Å². The van der Waals surface area contributed by atoms with E-state index in [1.54, 1.807) is 19.9 Å². The Hall–Kier alpha value is -1.04. The molecule has 1 aromatic rings. The van der Waals surface area contributed by atoms with Crippen LogP contribution in [-0.4, -0.2) is 42.5 Å². The minimum absolute atomic E-state index is 0.203. The number of halogens is 1. The van der Waals surface area contributed by atoms with Crippen LogP contribution in [0.3, 0.4) is 0 Å². The highest BCUT2D eigenvalue weighted by Crippen LogP contribution is 2.42. The second-order valence-electron chi connectivity index (χ2n) is 5.43. The summed E-state index contributed by atoms with van der Waals surface area (Å²) in [7, 11) is 0. The van der Waals surface area contributed by atoms with Crippen LogP contribution in [0.25, 0.3) is 0 Å². The topological polar surface area (TPSA) is 54.8 Å². The average Bonchev–Trinajstić information content (AvgIpc) is 2.36. The van der Waals surface area contributed by atoms with Gasteiger partial charge >= 0.3 is 0 Å². The molecule has 0 bridgehead atoms. The van der Waals surface area contributed by atoms with Crippen LogP contribution in [0, 0.1) is 0 Å². The van der Waals surface area contributed by atoms with Gasteiger partial charge in [0.15, 0.2) is 5.75 Å². The Kier molecular flexibility index (Phi) is 3.08. The summed E-state index contributed by atoms with van der Waals surface area (Å²) < 4.78 is 11.3. The van der Waals surface area contributed by atoms with Crippen molar-refractivity contribution in [1.29, 1.82) is 0 Å². The highest BCUT2D eigenvalue weighted by atomic mass is 35.5. The van der Waals surface area contributed by atoms with Crippen LogP contribution < -0.4 is 9.64 Å². The fraction of sp³-hybridized carbons (Fsp3) is 0.615. The predicted molar refractivity (Wildman–Crippen MR) is 71.9 cm³/mol. The molecule has 0 radical (unpaired) electrons. The van der Waals surface area contributed by atoms with Crippen molar-refractivity contribution in [3.63, 3.8) is 0 Å². The number of morpholine rings is 1. The van der Waals surface area contributed by atoms with Crippen LogP contribution >= 0.6 is 11.6 Å². The monoisotopic (exact) mass is 284 g/mol. The number of aliphatic hydroxyl groups is 1. The molecule has 0 unspecified atom stereocenters. The lowest BCUT2D eigenvalue weighted by molar-refractivity contribution is 0.0571. The molecule has 104 valence electrons. The van der Waals surface area contributed by atoms with E-state index < -0.39 is 5.60 Å². The zero-order chi connectivity index (χ0) is 13.6. The van der Waals surface area contributed by atoms with Crippen molar-refractivity contribution in [2.75, 3.05) is 31.3 Å². The molecule has 1 fully saturated rings. The van der Waals surface area contributed by atoms with E-state index in [0.717, 1.165) is 12.2 Å². The molecule has 0 saturated carbocycles. The second-order valence-corrected chi connectivity index (χ2v) is 5.82. The summed E-state index contributed by atoms with van der Waals surface area (Å²) in [4.78, 5) is 6.46. The maximum absolute atomic E-state index is 10.2. The molecule has 1 saturated heterocycles. The molecule has 2 aliphatic heterocycles. The average molecular weight is 285 g/mol. The summed E-state index contributed by atoms with van der Waals surface area (Å²) in [5, 5.41) is 10.6. The first-order valence-electron chi connectivity index (χ1n) is 6.37. The Morgan fingerprint density at radius 3 is 3.00 bits per heavy atom. The summed E-state index contributed by atoms with van der Waals surface area (Å²) in [6, 6.07) is 2.00. The molecule has 5 nitrogen and oxygen atoms in total. The van der Waals surface area contributed by atoms with Crippen molar-refractivity contribution in [2.24, 2.45) is 0 Å². The van der Waals surface area contributed by atoms with E-state index in [4.69, 9.17) is 21.1 Å². The van der Waals surface area contributed by atoms with E-state index in [1.165, 1.54) is 0 Å². The van der Waals surface area contributed by atoms with E-state index in [0.29, 0.717) is 36.4 Å². The lowest BCUT2D eigenvalue weighted by atomic mass is 10.0. The van der Waals surface area contributed by atoms with Crippen molar-refractivity contribution in [1.82, 2.24) is 4.98 Å². The molecule has 3 heterocycles. The predicted octanol–water partition coefficient (Wildman–Crippen LogP) is 1.56. The number of ether oxygens (including phenoxy) is 2. The Balaban J connectivity index is 2.11. The molecular weight excluding hydrogens is 268 g/mol. The molecule has 0 aromatic carbocycles. The van der Waals surface area contributed by atoms with Crippen molar-refractivity contribution < 1.29 is 14.6 Å². The molecule has 0 spiro atoms. The van der Waals surface area contributed by atoms with Gasteiger partial charge in [0.05, 0.1) is 24.9 Å². The lowest BCUT2D eigenvalue weighted by Gasteiger charge is -2.42. The SMILES string of the molecule is CC(C)(O)c1nc(Cl)cc2c1OC[C@@H]1COCCN21. The van der Waals surface area contributed by atoms with Gasteiger partial charge in [0.2, 0.25) is 0 Å². The van der Waals surface area contributed by atoms with E-state index in [1.807, 2.05) is 0 Å². The van der Waals surface area contributed by atoms with Gasteiger partial charge in [-0.15, -0.1) is 0 Å². The van der Waals surface area contributed by atoms with Crippen LogP contribution in [0.2, 0.25) is 5.15 Å². The molecular formula is C13H17ClN2O3. The normalized spacial score (nSPS) is 22.5. The van der Waals surface area contributed by atoms with Gasteiger partial charge in [0.25, 0.3) is 0 Å². The number of pyridine rings is 1. The molecule has 6 heteroatoms. The molecule has 2 aliphatic rings. The summed E-state index contributed by atoms with van der Waals surface area (Å²) in [5.74, 6) is 0.634. The third kappa shape index (κ3) is 2.26. The third-order valence-electron chi connectivity index (χ3n) is 3.46. The second kappa shape index (κ2) is 4.51. The van der Waals surface area contributed by atoms with E-state index >= 15 is 0 Å². The molecule has 0 aliphatic carbocycles. The van der Waals surface area contributed by atoms with Crippen LogP contribution in [0.1, 0.15) is 19.5 Å². The Labute approximate surface area is 117 Å². The van der Waals surface area contributed by atoms with Crippen molar-refractivity contribution in [2.45, 2.75) is 25.5 Å². The smallest absolute Gasteiger partial charge is 0.167 e. The van der Waals surface area contributed by atoms with E-state index in [2.05, 4.69) is 9.88 Å². The first-order valence-corrected chi connectivity index (χ1v) is 6.75. The summed E-state index contributed by atoms with van der Waals surface area (Å²) in [6.45, 7) is 6.04. The Bertz CT molecular complexity index is 501. The maximum Gasteiger partial charge on any atom is 0.167 e. The van der Waals surface area contributed by atoms with Gasteiger partial charge in [-0.05, 0) is 13.8 Å². The number of hydrogen-bond acceptors (Lipinski definition) is 5. The molecule has 1 N–H and O–H groups in total. The number of fused-ring (bicyclic) bond motifs is 3. The zero-order valence-corrected chi connectivity index (χ0v) is 11.8. The van der Waals surface area contributed by atoms with Gasteiger partial charge in [-0.25, -0.2) is 4.98 Å². The van der Waals surface area contributed by atoms with E-state index in [9.17, 15) is 5.11 Å². The van der Waals surface area contributed by atoms with E-state index in [-0.39, 0.29) is 6.04 Å². The van der Waals surface area contributed by atoms with Gasteiger partial charge in [-0.1, -0.05) is 11.6 Å². The largest absolute Gasteiger partial charge is 0.487 e. The Morgan fingerprint density at radius 1 is 1.47 bits per heavy atom. The summed E-state index contributed by atoms with van der Waals surface area (Å²) in [5.41, 5.74) is 0.297. The quantitative estimate of drug-likeness (QED) is 0.793. The number of hydrogen-bond donors (Lipinski definition) is 1. The number of rotatable bonds is 1. The van der Waals surface area contributed by atoms with Gasteiger partial charge in [0.1, 0.15) is 23.1 Å². The summed E-state index contributed by atoms with van der Waals surface area (Å²) >= 11 is 6.08. The summed E-state index contributed by atoms with van der Waals surface area (Å²) in [6.07, 6.45) is 0. The number of aromatic nitrogens is 1. The highest BCUT2D eigenvalue weighted by Gasteiger charge is 2.35. The van der Waals surface area contributed by atoms with Crippen molar-refractivity contribution in [3.05, 3.63) is 16.9 Å². The fourth-order valence-corrected chi connectivity index (χ4v) is 2.74. The van der Waals surface area contributed by atoms with Gasteiger partial charge in [0, 0.05) is 12.6 Å². The minimum atomic E-state index is -1.09. The molecule has 3 rings (SSSR count). The standard InChI is InChI=1S/C13H17ClN2O3/c1-13(2,17)12-11-9(5-10(14)15-12)16-3-4-18-6-8(16)7-19-11/h5,8,17H,3-4,6-7H2,1-2H3/t8-/m0/s1. The van der Waals surface area contributed by atoms with Gasteiger partial charge in [-0.3, -0.25) is 0 Å². The van der Waals surface area contributed by atoms with Crippen LogP contribution in [0.15, 0.2) is 6.07 Å². The van der Waals surface area contributed by atoms with Gasteiger partial charge in [-0.2, -0.15) is 0 Å². The fourth-order valence-electron chi connectivity index (χ4n) is 2.55. The molecule has 0 amide bonds. The zero-order valence-electron chi connectivity index (χ0n) is 11.0.